The van der Waals surface area contributed by atoms with Gasteiger partial charge in [0.25, 0.3) is 0 Å². The molecule has 2 aromatic carbocycles. The molecule has 1 aliphatic rings. The number of aliphatic hydroxyl groups is 1. The van der Waals surface area contributed by atoms with E-state index in [0.29, 0.717) is 12.1 Å². The summed E-state index contributed by atoms with van der Waals surface area (Å²) in [7, 11) is 0. The molecular formula is C19H20N2O3. The lowest BCUT2D eigenvalue weighted by Gasteiger charge is -2.24. The van der Waals surface area contributed by atoms with Crippen molar-refractivity contribution in [3.05, 3.63) is 59.2 Å². The third-order valence-electron chi connectivity index (χ3n) is 4.15. The summed E-state index contributed by atoms with van der Waals surface area (Å²) in [5.41, 5.74) is 2.53. The first-order chi connectivity index (χ1) is 11.7. The monoisotopic (exact) mass is 324 g/mol. The van der Waals surface area contributed by atoms with Crippen molar-refractivity contribution in [3.8, 4) is 17.6 Å². The molecule has 5 heteroatoms. The third-order valence-corrected chi connectivity index (χ3v) is 4.15. The van der Waals surface area contributed by atoms with Gasteiger partial charge in [-0.25, -0.2) is 0 Å². The van der Waals surface area contributed by atoms with Gasteiger partial charge in [0, 0.05) is 13.1 Å². The van der Waals surface area contributed by atoms with Crippen LogP contribution >= 0.6 is 0 Å². The Morgan fingerprint density at radius 3 is 2.62 bits per heavy atom. The number of hydrogen-bond donors (Lipinski definition) is 1. The Balaban J connectivity index is 1.64. The smallest absolute Gasteiger partial charge is 0.231 e. The first-order valence-corrected chi connectivity index (χ1v) is 7.98. The minimum atomic E-state index is -0.591. The number of rotatable bonds is 6. The summed E-state index contributed by atoms with van der Waals surface area (Å²) in [6.07, 6.45) is -0.591. The standard InChI is InChI=1S/C19H20N2O3/c1-2-21(11-15-5-8-18-19(9-15)24-13-23-18)12-17(22)16-6-3-14(10-20)4-7-16/h3-9,17,22H,2,11-13H2,1H3. The molecule has 0 spiro atoms. The number of likely N-dealkylation sites (N-methyl/N-ethyl adjacent to an activating group) is 1. The van der Waals surface area contributed by atoms with E-state index >= 15 is 0 Å². The molecule has 0 saturated carbocycles. The molecule has 0 radical (unpaired) electrons. The largest absolute Gasteiger partial charge is 0.454 e. The van der Waals surface area contributed by atoms with Gasteiger partial charge in [-0.2, -0.15) is 5.26 Å². The molecule has 124 valence electrons. The number of ether oxygens (including phenoxy) is 2. The van der Waals surface area contributed by atoms with Gasteiger partial charge >= 0.3 is 0 Å². The quantitative estimate of drug-likeness (QED) is 0.885. The summed E-state index contributed by atoms with van der Waals surface area (Å²) in [6, 6.07) is 15.1. The summed E-state index contributed by atoms with van der Waals surface area (Å²) in [6.45, 7) is 4.41. The van der Waals surface area contributed by atoms with Crippen LogP contribution in [0.3, 0.4) is 0 Å². The molecule has 1 heterocycles. The van der Waals surface area contributed by atoms with Gasteiger partial charge < -0.3 is 14.6 Å². The molecule has 24 heavy (non-hydrogen) atoms. The Labute approximate surface area is 141 Å². The lowest BCUT2D eigenvalue weighted by atomic mass is 10.1. The van der Waals surface area contributed by atoms with Crippen molar-refractivity contribution in [2.45, 2.75) is 19.6 Å². The minimum Gasteiger partial charge on any atom is -0.454 e. The van der Waals surface area contributed by atoms with E-state index in [0.717, 1.165) is 35.7 Å². The Kier molecular flexibility index (Phi) is 4.99. The van der Waals surface area contributed by atoms with Gasteiger partial charge in [0.15, 0.2) is 11.5 Å². The Morgan fingerprint density at radius 2 is 1.92 bits per heavy atom. The number of hydrogen-bond acceptors (Lipinski definition) is 5. The molecule has 1 atom stereocenters. The predicted molar refractivity (Wildman–Crippen MR) is 89.6 cm³/mol. The zero-order chi connectivity index (χ0) is 16.9. The fourth-order valence-corrected chi connectivity index (χ4v) is 2.73. The predicted octanol–water partition coefficient (Wildman–Crippen LogP) is 2.84. The van der Waals surface area contributed by atoms with Crippen molar-refractivity contribution in [3.63, 3.8) is 0 Å². The maximum absolute atomic E-state index is 10.4. The molecular weight excluding hydrogens is 304 g/mol. The van der Waals surface area contributed by atoms with Crippen LogP contribution in [0.15, 0.2) is 42.5 Å². The van der Waals surface area contributed by atoms with Crippen LogP contribution in [0.25, 0.3) is 0 Å². The Bertz CT molecular complexity index is 737. The average Bonchev–Trinajstić information content (AvgIpc) is 3.08. The molecule has 1 unspecified atom stereocenters. The van der Waals surface area contributed by atoms with Gasteiger partial charge in [-0.3, -0.25) is 4.90 Å². The maximum atomic E-state index is 10.4. The van der Waals surface area contributed by atoms with Crippen LogP contribution in [-0.2, 0) is 6.54 Å². The van der Waals surface area contributed by atoms with Crippen LogP contribution in [0.5, 0.6) is 11.5 Å². The summed E-state index contributed by atoms with van der Waals surface area (Å²) in [5, 5.41) is 19.3. The topological polar surface area (TPSA) is 65.7 Å². The Morgan fingerprint density at radius 1 is 1.17 bits per heavy atom. The lowest BCUT2D eigenvalue weighted by Crippen LogP contribution is -2.28. The lowest BCUT2D eigenvalue weighted by molar-refractivity contribution is 0.112. The molecule has 1 aliphatic heterocycles. The average molecular weight is 324 g/mol. The summed E-state index contributed by atoms with van der Waals surface area (Å²) >= 11 is 0. The first-order valence-electron chi connectivity index (χ1n) is 7.98. The second kappa shape index (κ2) is 7.35. The van der Waals surface area contributed by atoms with Crippen LogP contribution in [0.1, 0.15) is 29.7 Å². The molecule has 3 rings (SSSR count). The molecule has 2 aromatic rings. The normalized spacial score (nSPS) is 13.8. The van der Waals surface area contributed by atoms with Crippen molar-refractivity contribution < 1.29 is 14.6 Å². The van der Waals surface area contributed by atoms with E-state index in [1.807, 2.05) is 18.2 Å². The van der Waals surface area contributed by atoms with Crippen molar-refractivity contribution in [1.82, 2.24) is 4.90 Å². The molecule has 5 nitrogen and oxygen atoms in total. The van der Waals surface area contributed by atoms with E-state index in [2.05, 4.69) is 17.9 Å². The van der Waals surface area contributed by atoms with E-state index in [-0.39, 0.29) is 6.79 Å². The Hall–Kier alpha value is -2.55. The van der Waals surface area contributed by atoms with Crippen molar-refractivity contribution in [2.24, 2.45) is 0 Å². The maximum Gasteiger partial charge on any atom is 0.231 e. The van der Waals surface area contributed by atoms with E-state index < -0.39 is 6.10 Å². The number of nitrogens with zero attached hydrogens (tertiary/aromatic N) is 2. The number of fused-ring (bicyclic) bond motifs is 1. The highest BCUT2D eigenvalue weighted by Gasteiger charge is 2.16. The molecule has 0 amide bonds. The van der Waals surface area contributed by atoms with Crippen LogP contribution in [-0.4, -0.2) is 29.9 Å². The first kappa shape index (κ1) is 16.3. The van der Waals surface area contributed by atoms with Gasteiger partial charge in [-0.1, -0.05) is 25.1 Å². The van der Waals surface area contributed by atoms with E-state index in [1.54, 1.807) is 24.3 Å². The van der Waals surface area contributed by atoms with Crippen molar-refractivity contribution in [1.29, 1.82) is 5.26 Å². The van der Waals surface area contributed by atoms with E-state index in [4.69, 9.17) is 14.7 Å². The zero-order valence-electron chi connectivity index (χ0n) is 13.6. The zero-order valence-corrected chi connectivity index (χ0v) is 13.6. The number of nitriles is 1. The van der Waals surface area contributed by atoms with E-state index in [9.17, 15) is 5.11 Å². The van der Waals surface area contributed by atoms with Crippen LogP contribution in [0, 0.1) is 11.3 Å². The highest BCUT2D eigenvalue weighted by molar-refractivity contribution is 5.44. The fourth-order valence-electron chi connectivity index (χ4n) is 2.73. The number of aliphatic hydroxyl groups excluding tert-OH is 1. The highest BCUT2D eigenvalue weighted by Crippen LogP contribution is 2.32. The molecule has 1 N–H and O–H groups in total. The van der Waals surface area contributed by atoms with E-state index in [1.165, 1.54) is 0 Å². The second-order valence-electron chi connectivity index (χ2n) is 5.76. The SMILES string of the molecule is CCN(Cc1ccc2c(c1)OCO2)CC(O)c1ccc(C#N)cc1. The fraction of sp³-hybridized carbons (Fsp3) is 0.316. The number of benzene rings is 2. The van der Waals surface area contributed by atoms with Crippen molar-refractivity contribution in [2.75, 3.05) is 19.9 Å². The minimum absolute atomic E-state index is 0.272. The summed E-state index contributed by atoms with van der Waals surface area (Å²) in [4.78, 5) is 2.17. The van der Waals surface area contributed by atoms with Crippen LogP contribution < -0.4 is 9.47 Å². The van der Waals surface area contributed by atoms with Gasteiger partial charge in [0.05, 0.1) is 17.7 Å². The molecule has 0 fully saturated rings. The van der Waals surface area contributed by atoms with Gasteiger partial charge in [-0.05, 0) is 41.9 Å². The molecule has 0 aliphatic carbocycles. The molecule has 0 aromatic heterocycles. The second-order valence-corrected chi connectivity index (χ2v) is 5.76. The molecule has 0 saturated heterocycles. The third kappa shape index (κ3) is 3.67. The van der Waals surface area contributed by atoms with Gasteiger partial charge in [-0.15, -0.1) is 0 Å². The summed E-state index contributed by atoms with van der Waals surface area (Å²) in [5.74, 6) is 1.55. The van der Waals surface area contributed by atoms with Crippen molar-refractivity contribution >= 4 is 0 Å². The summed E-state index contributed by atoms with van der Waals surface area (Å²) < 4.78 is 10.7. The molecule has 0 bridgehead atoms. The highest BCUT2D eigenvalue weighted by atomic mass is 16.7. The van der Waals surface area contributed by atoms with Gasteiger partial charge in [0.1, 0.15) is 0 Å². The van der Waals surface area contributed by atoms with Gasteiger partial charge in [0.2, 0.25) is 6.79 Å². The van der Waals surface area contributed by atoms with Crippen LogP contribution in [0.2, 0.25) is 0 Å². The van der Waals surface area contributed by atoms with Crippen LogP contribution in [0.4, 0.5) is 0 Å².